The van der Waals surface area contributed by atoms with Crippen molar-refractivity contribution in [2.45, 2.75) is 18.9 Å². The van der Waals surface area contributed by atoms with Crippen molar-refractivity contribution in [1.29, 1.82) is 0 Å². The predicted octanol–water partition coefficient (Wildman–Crippen LogP) is 2.89. The lowest BCUT2D eigenvalue weighted by molar-refractivity contribution is 0.0911. The molecule has 94 valence electrons. The van der Waals surface area contributed by atoms with Crippen molar-refractivity contribution >= 4 is 37.8 Å². The molecule has 0 aliphatic rings. The van der Waals surface area contributed by atoms with E-state index >= 15 is 0 Å². The Kier molecular flexibility index (Phi) is 5.52. The summed E-state index contributed by atoms with van der Waals surface area (Å²) < 4.78 is 13.4. The topological polar surface area (TPSA) is 42.0 Å². The number of carbonyl (C=O) groups excluding carboxylic acids is 1. The van der Waals surface area contributed by atoms with Crippen molar-refractivity contribution in [3.63, 3.8) is 0 Å². The van der Waals surface area contributed by atoms with E-state index in [1.54, 1.807) is 0 Å². The van der Waals surface area contributed by atoms with Crippen molar-refractivity contribution < 1.29 is 9.18 Å². The Morgan fingerprint density at radius 1 is 1.53 bits per heavy atom. The third-order valence-electron chi connectivity index (χ3n) is 2.58. The summed E-state index contributed by atoms with van der Waals surface area (Å²) in [6.07, 6.45) is 3.17. The molecule has 1 aromatic heterocycles. The van der Waals surface area contributed by atoms with Crippen LogP contribution in [0.3, 0.4) is 0 Å². The summed E-state index contributed by atoms with van der Waals surface area (Å²) in [4.78, 5) is 15.5. The lowest BCUT2D eigenvalue weighted by atomic mass is 10.0. The fourth-order valence-electron chi connectivity index (χ4n) is 1.25. The van der Waals surface area contributed by atoms with Crippen LogP contribution in [0.15, 0.2) is 18.5 Å². The van der Waals surface area contributed by atoms with E-state index in [1.807, 2.05) is 6.92 Å². The van der Waals surface area contributed by atoms with Crippen LogP contribution in [0.4, 0.5) is 4.39 Å². The van der Waals surface area contributed by atoms with Crippen LogP contribution >= 0.6 is 31.9 Å². The molecule has 0 saturated heterocycles. The lowest BCUT2D eigenvalue weighted by Crippen LogP contribution is -2.51. The SMILES string of the molecule is CCC(CBr)(CBr)NC(=O)c1ccncc1F. The van der Waals surface area contributed by atoms with Gasteiger partial charge in [-0.15, -0.1) is 0 Å². The summed E-state index contributed by atoms with van der Waals surface area (Å²) in [6, 6.07) is 1.37. The number of nitrogens with one attached hydrogen (secondary N) is 1. The lowest BCUT2D eigenvalue weighted by Gasteiger charge is -2.30. The Hall–Kier alpha value is -0.490. The first kappa shape index (κ1) is 14.6. The van der Waals surface area contributed by atoms with Crippen molar-refractivity contribution in [2.75, 3.05) is 10.7 Å². The molecule has 0 aliphatic heterocycles. The van der Waals surface area contributed by atoms with Crippen LogP contribution in [0, 0.1) is 5.82 Å². The van der Waals surface area contributed by atoms with Crippen molar-refractivity contribution in [1.82, 2.24) is 10.3 Å². The number of nitrogens with zero attached hydrogens (tertiary/aromatic N) is 1. The Labute approximate surface area is 116 Å². The highest BCUT2D eigenvalue weighted by Gasteiger charge is 2.28. The van der Waals surface area contributed by atoms with Crippen LogP contribution in [0.5, 0.6) is 0 Å². The molecule has 0 radical (unpaired) electrons. The van der Waals surface area contributed by atoms with Crippen LogP contribution in [0.2, 0.25) is 0 Å². The summed E-state index contributed by atoms with van der Waals surface area (Å²) in [5, 5.41) is 4.03. The number of alkyl halides is 2. The van der Waals surface area contributed by atoms with Crippen molar-refractivity contribution in [3.8, 4) is 0 Å². The number of carbonyl (C=O) groups is 1. The van der Waals surface area contributed by atoms with Gasteiger partial charge in [-0.2, -0.15) is 0 Å². The molecule has 0 aliphatic carbocycles. The highest BCUT2D eigenvalue weighted by Crippen LogP contribution is 2.18. The van der Waals surface area contributed by atoms with E-state index in [2.05, 4.69) is 42.2 Å². The molecule has 1 rings (SSSR count). The number of rotatable bonds is 5. The second-order valence-corrected chi connectivity index (χ2v) is 4.83. The summed E-state index contributed by atoms with van der Waals surface area (Å²) in [7, 11) is 0. The molecular weight excluding hydrogens is 355 g/mol. The maximum absolute atomic E-state index is 13.4. The van der Waals surface area contributed by atoms with Crippen LogP contribution in [0.1, 0.15) is 23.7 Å². The maximum Gasteiger partial charge on any atom is 0.254 e. The molecule has 0 saturated carbocycles. The minimum Gasteiger partial charge on any atom is -0.345 e. The average molecular weight is 368 g/mol. The van der Waals surface area contributed by atoms with E-state index in [9.17, 15) is 9.18 Å². The van der Waals surface area contributed by atoms with Gasteiger partial charge in [0.1, 0.15) is 0 Å². The minimum atomic E-state index is -0.612. The first-order chi connectivity index (χ1) is 8.08. The van der Waals surface area contributed by atoms with Crippen LogP contribution in [-0.4, -0.2) is 27.1 Å². The van der Waals surface area contributed by atoms with E-state index < -0.39 is 17.3 Å². The van der Waals surface area contributed by atoms with Gasteiger partial charge in [-0.3, -0.25) is 9.78 Å². The standard InChI is InChI=1S/C11H13Br2FN2O/c1-2-11(6-12,7-13)16-10(17)8-3-4-15-5-9(8)14/h3-5H,2,6-7H2,1H3,(H,16,17). The zero-order valence-electron chi connectivity index (χ0n) is 9.34. The molecule has 3 nitrogen and oxygen atoms in total. The first-order valence-corrected chi connectivity index (χ1v) is 7.37. The summed E-state index contributed by atoms with van der Waals surface area (Å²) in [5.74, 6) is -1.04. The van der Waals surface area contributed by atoms with Crippen molar-refractivity contribution in [2.24, 2.45) is 0 Å². The third kappa shape index (κ3) is 3.48. The van der Waals surface area contributed by atoms with Crippen LogP contribution in [0.25, 0.3) is 0 Å². The van der Waals surface area contributed by atoms with Gasteiger partial charge >= 0.3 is 0 Å². The number of pyridine rings is 1. The monoisotopic (exact) mass is 366 g/mol. The van der Waals surface area contributed by atoms with Gasteiger partial charge in [0.05, 0.1) is 17.3 Å². The molecular formula is C11H13Br2FN2O. The largest absolute Gasteiger partial charge is 0.345 e. The summed E-state index contributed by atoms with van der Waals surface area (Å²) in [5.41, 5.74) is -0.396. The summed E-state index contributed by atoms with van der Waals surface area (Å²) in [6.45, 7) is 1.96. The highest BCUT2D eigenvalue weighted by atomic mass is 79.9. The summed E-state index contributed by atoms with van der Waals surface area (Å²) >= 11 is 6.72. The number of amides is 1. The quantitative estimate of drug-likeness (QED) is 0.813. The predicted molar refractivity (Wildman–Crippen MR) is 72.3 cm³/mol. The first-order valence-electron chi connectivity index (χ1n) is 5.12. The molecule has 0 spiro atoms. The molecule has 1 N–H and O–H groups in total. The number of halogens is 3. The molecule has 0 aromatic carbocycles. The van der Waals surface area contributed by atoms with E-state index in [0.29, 0.717) is 10.7 Å². The molecule has 1 aromatic rings. The zero-order chi connectivity index (χ0) is 12.9. The second-order valence-electron chi connectivity index (χ2n) is 3.71. The second kappa shape index (κ2) is 6.44. The Balaban J connectivity index is 2.89. The van der Waals surface area contributed by atoms with Crippen LogP contribution < -0.4 is 5.32 Å². The molecule has 0 atom stereocenters. The minimum absolute atomic E-state index is 0.0136. The van der Waals surface area contributed by atoms with Gasteiger partial charge in [-0.1, -0.05) is 38.8 Å². The maximum atomic E-state index is 13.4. The number of hydrogen-bond donors (Lipinski definition) is 1. The van der Waals surface area contributed by atoms with Crippen molar-refractivity contribution in [3.05, 3.63) is 29.8 Å². The van der Waals surface area contributed by atoms with E-state index in [-0.39, 0.29) is 5.56 Å². The Morgan fingerprint density at radius 2 is 2.18 bits per heavy atom. The van der Waals surface area contributed by atoms with Gasteiger partial charge in [-0.25, -0.2) is 4.39 Å². The number of aromatic nitrogens is 1. The fraction of sp³-hybridized carbons (Fsp3) is 0.455. The highest BCUT2D eigenvalue weighted by molar-refractivity contribution is 9.09. The molecule has 6 heteroatoms. The number of hydrogen-bond acceptors (Lipinski definition) is 2. The zero-order valence-corrected chi connectivity index (χ0v) is 12.5. The van der Waals surface area contributed by atoms with Gasteiger partial charge in [0.25, 0.3) is 5.91 Å². The van der Waals surface area contributed by atoms with E-state index in [1.165, 1.54) is 12.3 Å². The van der Waals surface area contributed by atoms with E-state index in [0.717, 1.165) is 12.6 Å². The molecule has 0 fully saturated rings. The molecule has 1 amide bonds. The molecule has 0 bridgehead atoms. The third-order valence-corrected chi connectivity index (χ3v) is 4.73. The van der Waals surface area contributed by atoms with E-state index in [4.69, 9.17) is 0 Å². The Morgan fingerprint density at radius 3 is 2.65 bits per heavy atom. The molecule has 0 unspecified atom stereocenters. The molecule has 17 heavy (non-hydrogen) atoms. The fourth-order valence-corrected chi connectivity index (χ4v) is 3.25. The van der Waals surface area contributed by atoms with Gasteiger partial charge in [-0.05, 0) is 12.5 Å². The molecule has 1 heterocycles. The van der Waals surface area contributed by atoms with Gasteiger partial charge in [0.2, 0.25) is 0 Å². The normalized spacial score (nSPS) is 11.3. The van der Waals surface area contributed by atoms with Gasteiger partial charge in [0.15, 0.2) is 5.82 Å². The van der Waals surface area contributed by atoms with Gasteiger partial charge in [0, 0.05) is 16.9 Å². The smallest absolute Gasteiger partial charge is 0.254 e. The van der Waals surface area contributed by atoms with Gasteiger partial charge < -0.3 is 5.32 Å². The average Bonchev–Trinajstić information content (AvgIpc) is 2.36. The Bertz CT molecular complexity index is 389. The van der Waals surface area contributed by atoms with Crippen LogP contribution in [-0.2, 0) is 0 Å².